The zero-order chi connectivity index (χ0) is 18.1. The number of anilines is 1. The van der Waals surface area contributed by atoms with Gasteiger partial charge in [-0.1, -0.05) is 25.0 Å². The average molecular weight is 343 g/mol. The Morgan fingerprint density at radius 1 is 1.12 bits per heavy atom. The lowest BCUT2D eigenvalue weighted by Crippen LogP contribution is -2.26. The van der Waals surface area contributed by atoms with E-state index in [0.29, 0.717) is 28.1 Å². The van der Waals surface area contributed by atoms with Crippen molar-refractivity contribution < 1.29 is 18.5 Å². The molecule has 0 saturated carbocycles. The van der Waals surface area contributed by atoms with Gasteiger partial charge >= 0.3 is 13.5 Å². The van der Waals surface area contributed by atoms with Crippen molar-refractivity contribution in [1.29, 1.82) is 0 Å². The number of aromatic nitrogens is 2. The molecule has 0 amide bonds. The number of aryl methyl sites for hydroxylation is 1. The van der Waals surface area contributed by atoms with E-state index in [1.807, 2.05) is 0 Å². The lowest BCUT2D eigenvalue weighted by molar-refractivity contribution is -0.0494. The summed E-state index contributed by atoms with van der Waals surface area (Å²) in [5, 5.41) is 19.2. The molecule has 0 aliphatic rings. The molecule has 1 aromatic heterocycles. The summed E-state index contributed by atoms with van der Waals surface area (Å²) in [6, 6.07) is 9.94. The summed E-state index contributed by atoms with van der Waals surface area (Å²) in [7, 11) is 0. The highest BCUT2D eigenvalue weighted by Gasteiger charge is 2.16. The number of hydrogen-bond donors (Lipinski definition) is 2. The van der Waals surface area contributed by atoms with Gasteiger partial charge in [0.05, 0.1) is 5.69 Å². The molecule has 0 aliphatic heterocycles. The van der Waals surface area contributed by atoms with Gasteiger partial charge < -0.3 is 15.5 Å². The van der Waals surface area contributed by atoms with Gasteiger partial charge in [0.2, 0.25) is 0 Å². The highest BCUT2D eigenvalue weighted by molar-refractivity contribution is 6.64. The van der Waals surface area contributed by atoms with Gasteiger partial charge in [-0.15, -0.1) is 5.10 Å². The minimum absolute atomic E-state index is 0.0337. The number of hydrogen-bond acceptors (Lipinski definition) is 5. The van der Waals surface area contributed by atoms with Crippen molar-refractivity contribution in [1.82, 2.24) is 10.2 Å². The number of nitrogens with two attached hydrogens (primary N) is 1. The van der Waals surface area contributed by atoms with E-state index in [-0.39, 0.29) is 5.75 Å². The Morgan fingerprint density at radius 3 is 2.56 bits per heavy atom. The Bertz CT molecular complexity index is 935. The molecule has 3 aromatic rings. The molecule has 3 rings (SSSR count). The minimum atomic E-state index is -2.94. The number of benzene rings is 2. The van der Waals surface area contributed by atoms with Crippen molar-refractivity contribution in [3.63, 3.8) is 0 Å². The van der Waals surface area contributed by atoms with Crippen molar-refractivity contribution in [2.75, 3.05) is 5.73 Å². The van der Waals surface area contributed by atoms with Crippen LogP contribution in [0.25, 0.3) is 21.9 Å². The molecule has 0 aliphatic carbocycles. The summed E-state index contributed by atoms with van der Waals surface area (Å²) < 4.78 is 30.1. The normalized spacial score (nSPS) is 11.1. The summed E-state index contributed by atoms with van der Waals surface area (Å²) in [5.41, 5.74) is 8.22. The van der Waals surface area contributed by atoms with Crippen molar-refractivity contribution in [3.8, 4) is 16.9 Å². The molecule has 0 fully saturated rings. The fraction of sp³-hybridized carbons (Fsp3) is 0.176. The maximum absolute atomic E-state index is 12.7. The van der Waals surface area contributed by atoms with Crippen LogP contribution in [0.4, 0.5) is 14.6 Å². The first-order valence-electron chi connectivity index (χ1n) is 7.66. The highest BCUT2D eigenvalue weighted by Crippen LogP contribution is 2.33. The van der Waals surface area contributed by atoms with E-state index >= 15 is 0 Å². The molecule has 5 nitrogen and oxygen atoms in total. The highest BCUT2D eigenvalue weighted by atomic mass is 19.3. The third-order valence-electron chi connectivity index (χ3n) is 4.01. The van der Waals surface area contributed by atoms with Crippen LogP contribution in [0.5, 0.6) is 5.75 Å². The van der Waals surface area contributed by atoms with Crippen LogP contribution in [0.3, 0.4) is 0 Å². The molecule has 25 heavy (non-hydrogen) atoms. The molecular weight excluding hydrogens is 327 g/mol. The molecule has 0 saturated heterocycles. The molecule has 8 heteroatoms. The van der Waals surface area contributed by atoms with Gasteiger partial charge in [0, 0.05) is 16.3 Å². The molecule has 0 atom stereocenters. The quantitative estimate of drug-likeness (QED) is 0.712. The van der Waals surface area contributed by atoms with Crippen molar-refractivity contribution in [3.05, 3.63) is 42.1 Å². The molecule has 1 heterocycles. The summed E-state index contributed by atoms with van der Waals surface area (Å²) in [6.07, 6.45) is 0. The first-order valence-corrected chi connectivity index (χ1v) is 7.66. The van der Waals surface area contributed by atoms with Crippen LogP contribution in [-0.4, -0.2) is 28.7 Å². The maximum atomic E-state index is 12.7. The maximum Gasteiger partial charge on any atom is 0.387 e. The molecule has 2 aromatic carbocycles. The predicted molar refractivity (Wildman–Crippen MR) is 94.2 cm³/mol. The second-order valence-corrected chi connectivity index (χ2v) is 5.74. The number of halogens is 2. The van der Waals surface area contributed by atoms with Gasteiger partial charge in [0.1, 0.15) is 5.75 Å². The van der Waals surface area contributed by atoms with Crippen molar-refractivity contribution >= 4 is 29.0 Å². The van der Waals surface area contributed by atoms with Gasteiger partial charge in [-0.2, -0.15) is 13.9 Å². The lowest BCUT2D eigenvalue weighted by Gasteiger charge is -2.14. The van der Waals surface area contributed by atoms with Gasteiger partial charge in [-0.05, 0) is 36.1 Å². The average Bonchev–Trinajstić information content (AvgIpc) is 2.57. The Balaban J connectivity index is 2.21. The van der Waals surface area contributed by atoms with Crippen LogP contribution in [0.15, 0.2) is 36.4 Å². The summed E-state index contributed by atoms with van der Waals surface area (Å²) in [4.78, 5) is 0. The van der Waals surface area contributed by atoms with E-state index in [4.69, 9.17) is 5.73 Å². The lowest BCUT2D eigenvalue weighted by atomic mass is 9.64. The molecule has 0 unspecified atom stereocenters. The number of fused-ring (bicyclic) bond motifs is 1. The van der Waals surface area contributed by atoms with Crippen LogP contribution in [0, 0.1) is 6.92 Å². The monoisotopic (exact) mass is 343 g/mol. The number of nitrogen functional groups attached to an aromatic ring is 1. The number of ether oxygens (including phenoxy) is 1. The van der Waals surface area contributed by atoms with Crippen LogP contribution < -0.4 is 15.9 Å². The largest absolute Gasteiger partial charge is 0.447 e. The standard InChI is InChI=1S/C17H16BF2N3O2/c1-9-13-7-10(3-5-12(13)16(21)23-22-9)14-8-11(18(2)24)4-6-15(14)25-17(19)20/h3-8,17,24H,1-2H3,(H2,21,23). The SMILES string of the molecule is CB(O)c1ccc(OC(F)F)c(-c2ccc3c(N)nnc(C)c3c2)c1. The molecular formula is C17H16BF2N3O2. The molecule has 128 valence electrons. The van der Waals surface area contributed by atoms with Gasteiger partial charge in [0.15, 0.2) is 5.82 Å². The smallest absolute Gasteiger partial charge is 0.387 e. The second kappa shape index (κ2) is 6.64. The third kappa shape index (κ3) is 3.39. The fourth-order valence-electron chi connectivity index (χ4n) is 2.70. The number of rotatable bonds is 4. The Hall–Kier alpha value is -2.74. The zero-order valence-electron chi connectivity index (χ0n) is 13.7. The van der Waals surface area contributed by atoms with E-state index in [1.165, 1.54) is 6.07 Å². The number of alkyl halides is 2. The molecule has 0 bridgehead atoms. The van der Waals surface area contributed by atoms with Crippen LogP contribution in [0.2, 0.25) is 6.82 Å². The Labute approximate surface area is 143 Å². The van der Waals surface area contributed by atoms with Gasteiger partial charge in [-0.25, -0.2) is 0 Å². The summed E-state index contributed by atoms with van der Waals surface area (Å²) >= 11 is 0. The molecule has 0 radical (unpaired) electrons. The number of nitrogens with zero attached hydrogens (tertiary/aromatic N) is 2. The molecule has 0 spiro atoms. The van der Waals surface area contributed by atoms with Crippen molar-refractivity contribution in [2.24, 2.45) is 0 Å². The van der Waals surface area contributed by atoms with E-state index < -0.39 is 13.5 Å². The fourth-order valence-corrected chi connectivity index (χ4v) is 2.70. The predicted octanol–water partition coefficient (Wildman–Crippen LogP) is 2.61. The van der Waals surface area contributed by atoms with E-state index in [9.17, 15) is 13.8 Å². The van der Waals surface area contributed by atoms with E-state index in [2.05, 4.69) is 14.9 Å². The Morgan fingerprint density at radius 2 is 1.88 bits per heavy atom. The third-order valence-corrected chi connectivity index (χ3v) is 4.01. The van der Waals surface area contributed by atoms with Crippen LogP contribution >= 0.6 is 0 Å². The van der Waals surface area contributed by atoms with Gasteiger partial charge in [0.25, 0.3) is 0 Å². The second-order valence-electron chi connectivity index (χ2n) is 5.74. The van der Waals surface area contributed by atoms with Crippen molar-refractivity contribution in [2.45, 2.75) is 20.4 Å². The van der Waals surface area contributed by atoms with Crippen LogP contribution in [0.1, 0.15) is 5.69 Å². The van der Waals surface area contributed by atoms with E-state index in [1.54, 1.807) is 44.1 Å². The first-order chi connectivity index (χ1) is 11.9. The summed E-state index contributed by atoms with van der Waals surface area (Å²) in [6.45, 7) is -0.280. The minimum Gasteiger partial charge on any atom is -0.447 e. The zero-order valence-corrected chi connectivity index (χ0v) is 13.7. The van der Waals surface area contributed by atoms with Crippen LogP contribution in [-0.2, 0) is 0 Å². The topological polar surface area (TPSA) is 81.3 Å². The van der Waals surface area contributed by atoms with E-state index in [0.717, 1.165) is 10.8 Å². The molecule has 3 N–H and O–H groups in total. The summed E-state index contributed by atoms with van der Waals surface area (Å²) in [5.74, 6) is 0.334. The van der Waals surface area contributed by atoms with Gasteiger partial charge in [-0.3, -0.25) is 0 Å². The first kappa shape index (κ1) is 17.1. The Kier molecular flexibility index (Phi) is 4.54.